The van der Waals surface area contributed by atoms with Crippen molar-refractivity contribution in [3.8, 4) is 0 Å². The molecule has 0 spiro atoms. The summed E-state index contributed by atoms with van der Waals surface area (Å²) in [5.74, 6) is -1.16. The predicted octanol–water partition coefficient (Wildman–Crippen LogP) is 2.73. The molecule has 0 saturated heterocycles. The first-order valence-corrected chi connectivity index (χ1v) is 2.95. The van der Waals surface area contributed by atoms with Crippen LogP contribution in [0.2, 0.25) is 0 Å². The molecule has 1 fully saturated rings. The van der Waals surface area contributed by atoms with E-state index in [1.54, 1.807) is 0 Å². The minimum Gasteiger partial charge on any atom is -0.171 e. The molecule has 0 aromatic heterocycles. The van der Waals surface area contributed by atoms with Crippen LogP contribution in [0.25, 0.3) is 0 Å². The Morgan fingerprint density at radius 3 is 1.89 bits per heavy atom. The van der Waals surface area contributed by atoms with Crippen molar-refractivity contribution in [2.45, 2.75) is 19.0 Å². The van der Waals surface area contributed by atoms with Crippen LogP contribution in [-0.2, 0) is 0 Å². The summed E-state index contributed by atoms with van der Waals surface area (Å²) in [4.78, 5) is 0. The second-order valence-corrected chi connectivity index (χ2v) is 2.70. The molecule has 1 saturated carbocycles. The van der Waals surface area contributed by atoms with Crippen molar-refractivity contribution in [1.29, 1.82) is 0 Å². The van der Waals surface area contributed by atoms with Crippen molar-refractivity contribution in [1.82, 2.24) is 0 Å². The van der Waals surface area contributed by atoms with E-state index < -0.39 is 12.1 Å². The third-order valence-corrected chi connectivity index (χ3v) is 1.71. The molecule has 0 nitrogen and oxygen atoms in total. The molecule has 1 radical (unpaired) electrons. The van der Waals surface area contributed by atoms with Gasteiger partial charge in [0, 0.05) is 0 Å². The van der Waals surface area contributed by atoms with Gasteiger partial charge in [0.25, 0.3) is 0 Å². The van der Waals surface area contributed by atoms with Crippen LogP contribution >= 0.6 is 11.6 Å². The zero-order valence-electron chi connectivity index (χ0n) is 4.50. The van der Waals surface area contributed by atoms with E-state index in [1.165, 1.54) is 0 Å². The first-order chi connectivity index (χ1) is 4.00. The van der Waals surface area contributed by atoms with Gasteiger partial charge < -0.3 is 0 Å². The fourth-order valence-electron chi connectivity index (χ4n) is 0.706. The van der Waals surface area contributed by atoms with E-state index in [4.69, 9.17) is 11.6 Å². The second-order valence-electron chi connectivity index (χ2n) is 2.16. The van der Waals surface area contributed by atoms with E-state index in [0.717, 1.165) is 0 Å². The predicted molar refractivity (Wildman–Crippen MR) is 27.9 cm³/mol. The lowest BCUT2D eigenvalue weighted by atomic mass is 9.84. The highest BCUT2D eigenvalue weighted by Crippen LogP contribution is 2.47. The van der Waals surface area contributed by atoms with E-state index in [9.17, 15) is 13.2 Å². The quantitative estimate of drug-likeness (QED) is 0.507. The summed E-state index contributed by atoms with van der Waals surface area (Å²) < 4.78 is 34.8. The highest BCUT2D eigenvalue weighted by molar-refractivity contribution is 6.27. The van der Waals surface area contributed by atoms with Crippen molar-refractivity contribution in [3.05, 3.63) is 5.38 Å². The van der Waals surface area contributed by atoms with Crippen LogP contribution in [0.3, 0.4) is 0 Å². The Morgan fingerprint density at radius 1 is 1.33 bits per heavy atom. The summed E-state index contributed by atoms with van der Waals surface area (Å²) in [7, 11) is 0. The lowest BCUT2D eigenvalue weighted by molar-refractivity contribution is -0.186. The van der Waals surface area contributed by atoms with Gasteiger partial charge in [-0.1, -0.05) is 0 Å². The molecule has 0 heterocycles. The average Bonchev–Trinajstić information content (AvgIpc) is 1.55. The standard InChI is InChI=1S/C5H5ClF3/c6-4-1-3(2-4)5(7,8)9/h3H,1-2H2. The lowest BCUT2D eigenvalue weighted by Crippen LogP contribution is -2.32. The van der Waals surface area contributed by atoms with E-state index in [-0.39, 0.29) is 12.8 Å². The van der Waals surface area contributed by atoms with E-state index >= 15 is 0 Å². The third kappa shape index (κ3) is 1.51. The van der Waals surface area contributed by atoms with Gasteiger partial charge in [-0.3, -0.25) is 0 Å². The van der Waals surface area contributed by atoms with Gasteiger partial charge >= 0.3 is 6.18 Å². The largest absolute Gasteiger partial charge is 0.391 e. The summed E-state index contributed by atoms with van der Waals surface area (Å²) in [6, 6.07) is 0. The summed E-state index contributed by atoms with van der Waals surface area (Å²) >= 11 is 5.27. The third-order valence-electron chi connectivity index (χ3n) is 1.40. The Labute approximate surface area is 56.0 Å². The van der Waals surface area contributed by atoms with Crippen LogP contribution in [0.1, 0.15) is 12.8 Å². The molecule has 0 aromatic rings. The first kappa shape index (κ1) is 7.19. The van der Waals surface area contributed by atoms with E-state index in [1.807, 2.05) is 0 Å². The highest BCUT2D eigenvalue weighted by atomic mass is 35.5. The van der Waals surface area contributed by atoms with Crippen LogP contribution in [-0.4, -0.2) is 6.18 Å². The van der Waals surface area contributed by atoms with Gasteiger partial charge in [-0.05, 0) is 12.8 Å². The topological polar surface area (TPSA) is 0 Å². The zero-order valence-corrected chi connectivity index (χ0v) is 5.26. The Hall–Kier alpha value is 0.0800. The molecule has 1 aliphatic carbocycles. The van der Waals surface area contributed by atoms with Gasteiger partial charge in [0.1, 0.15) is 0 Å². The number of hydrogen-bond donors (Lipinski definition) is 0. The van der Waals surface area contributed by atoms with Gasteiger partial charge in [-0.25, -0.2) is 0 Å². The highest BCUT2D eigenvalue weighted by Gasteiger charge is 2.47. The molecule has 9 heavy (non-hydrogen) atoms. The molecule has 53 valence electrons. The molecule has 0 atom stereocenters. The molecule has 0 unspecified atom stereocenters. The molecule has 0 bridgehead atoms. The monoisotopic (exact) mass is 157 g/mol. The maximum Gasteiger partial charge on any atom is 0.391 e. The fraction of sp³-hybridized carbons (Fsp3) is 0.800. The SMILES string of the molecule is FC(F)(F)C1C[C](Cl)C1. The van der Waals surface area contributed by atoms with Crippen molar-refractivity contribution >= 4 is 11.6 Å². The van der Waals surface area contributed by atoms with Gasteiger partial charge in [0.05, 0.1) is 11.3 Å². The molecular weight excluding hydrogens is 153 g/mol. The smallest absolute Gasteiger partial charge is 0.171 e. The minimum atomic E-state index is -4.03. The summed E-state index contributed by atoms with van der Waals surface area (Å²) in [6.07, 6.45) is -3.99. The summed E-state index contributed by atoms with van der Waals surface area (Å²) in [5, 5.41) is 0.442. The van der Waals surface area contributed by atoms with Crippen LogP contribution in [0, 0.1) is 11.3 Å². The number of rotatable bonds is 0. The normalized spacial score (nSPS) is 24.0. The summed E-state index contributed by atoms with van der Waals surface area (Å²) in [5.41, 5.74) is 0. The van der Waals surface area contributed by atoms with Gasteiger partial charge in [-0.2, -0.15) is 13.2 Å². The Morgan fingerprint density at radius 2 is 1.78 bits per heavy atom. The van der Waals surface area contributed by atoms with Crippen molar-refractivity contribution in [2.75, 3.05) is 0 Å². The molecule has 1 rings (SSSR count). The minimum absolute atomic E-state index is 0.0189. The Balaban J connectivity index is 2.32. The van der Waals surface area contributed by atoms with Crippen molar-refractivity contribution < 1.29 is 13.2 Å². The van der Waals surface area contributed by atoms with Gasteiger partial charge in [-0.15, -0.1) is 11.6 Å². The lowest BCUT2D eigenvalue weighted by Gasteiger charge is -2.31. The van der Waals surface area contributed by atoms with Gasteiger partial charge in [0.2, 0.25) is 0 Å². The fourth-order valence-corrected chi connectivity index (χ4v) is 1.08. The molecule has 0 N–H and O–H groups in total. The van der Waals surface area contributed by atoms with Gasteiger partial charge in [0.15, 0.2) is 0 Å². The molecule has 4 heteroatoms. The van der Waals surface area contributed by atoms with Crippen molar-refractivity contribution in [2.24, 2.45) is 5.92 Å². The average molecular weight is 158 g/mol. The number of alkyl halides is 3. The number of hydrogen-bond acceptors (Lipinski definition) is 0. The Bertz CT molecular complexity index is 103. The van der Waals surface area contributed by atoms with E-state index in [2.05, 4.69) is 0 Å². The molecule has 0 amide bonds. The van der Waals surface area contributed by atoms with Crippen LogP contribution in [0.4, 0.5) is 13.2 Å². The van der Waals surface area contributed by atoms with Crippen LogP contribution in [0.5, 0.6) is 0 Å². The molecular formula is C5H5ClF3. The first-order valence-electron chi connectivity index (χ1n) is 2.57. The molecule has 1 aliphatic rings. The van der Waals surface area contributed by atoms with Crippen LogP contribution < -0.4 is 0 Å². The number of halogens is 4. The summed E-state index contributed by atoms with van der Waals surface area (Å²) in [6.45, 7) is 0. The molecule has 0 aliphatic heterocycles. The maximum atomic E-state index is 11.6. The maximum absolute atomic E-state index is 11.6. The van der Waals surface area contributed by atoms with E-state index in [0.29, 0.717) is 5.38 Å². The zero-order chi connectivity index (χ0) is 7.07. The van der Waals surface area contributed by atoms with Crippen molar-refractivity contribution in [3.63, 3.8) is 0 Å². The van der Waals surface area contributed by atoms with Crippen LogP contribution in [0.15, 0.2) is 0 Å². The second kappa shape index (κ2) is 2.04. The molecule has 0 aromatic carbocycles. The Kier molecular flexibility index (Phi) is 1.63.